The second kappa shape index (κ2) is 11.5. The smallest absolute Gasteiger partial charge is 0.412 e. The van der Waals surface area contributed by atoms with E-state index in [-0.39, 0.29) is 18.0 Å². The number of hydrogen-bond acceptors (Lipinski definition) is 6. The standard InChI is InChI=1S/C33H38N6O3/c1-33(2,3)42-32(41)38-22-15-13-21(14-16-22)30(40)36-23-7-6-8-24(17-23)37-31-35-18-26(20-11-12-20)29(39-31)27-19-34-28-10-5-4-9-25(27)28/h4-5,9-10,13-16,18-20,23-24,34H,6-8,11-12,17H2,1-3H3,(H,36,40)(H,38,41)(H,35,37,39)/t23?,24-/m1/s1. The normalized spacial score (nSPS) is 18.8. The van der Waals surface area contributed by atoms with Gasteiger partial charge in [-0.2, -0.15) is 0 Å². The van der Waals surface area contributed by atoms with Gasteiger partial charge in [-0.15, -0.1) is 0 Å². The van der Waals surface area contributed by atoms with Crippen LogP contribution in [-0.2, 0) is 4.74 Å². The highest BCUT2D eigenvalue weighted by atomic mass is 16.6. The van der Waals surface area contributed by atoms with Crippen molar-refractivity contribution in [3.8, 4) is 11.3 Å². The highest BCUT2D eigenvalue weighted by Gasteiger charge is 2.30. The molecule has 2 amide bonds. The summed E-state index contributed by atoms with van der Waals surface area (Å²) >= 11 is 0. The van der Waals surface area contributed by atoms with Crippen LogP contribution in [0, 0.1) is 0 Å². The van der Waals surface area contributed by atoms with E-state index in [4.69, 9.17) is 14.7 Å². The second-order valence-corrected chi connectivity index (χ2v) is 12.4. The summed E-state index contributed by atoms with van der Waals surface area (Å²) in [7, 11) is 0. The second-order valence-electron chi connectivity index (χ2n) is 12.4. The van der Waals surface area contributed by atoms with Crippen molar-refractivity contribution < 1.29 is 14.3 Å². The van der Waals surface area contributed by atoms with Crippen LogP contribution < -0.4 is 16.0 Å². The third-order valence-corrected chi connectivity index (χ3v) is 7.81. The average Bonchev–Trinajstić information content (AvgIpc) is 3.71. The number of ether oxygens (including phenoxy) is 1. The Morgan fingerprint density at radius 3 is 2.50 bits per heavy atom. The zero-order chi connectivity index (χ0) is 29.3. The van der Waals surface area contributed by atoms with E-state index in [2.05, 4.69) is 45.3 Å². The molecule has 9 heteroatoms. The van der Waals surface area contributed by atoms with E-state index >= 15 is 0 Å². The lowest BCUT2D eigenvalue weighted by Crippen LogP contribution is -2.42. The molecule has 4 aromatic rings. The molecule has 1 unspecified atom stereocenters. The van der Waals surface area contributed by atoms with Crippen molar-refractivity contribution in [2.24, 2.45) is 0 Å². The minimum absolute atomic E-state index is 0.0436. The molecule has 2 heterocycles. The predicted molar refractivity (Wildman–Crippen MR) is 165 cm³/mol. The molecule has 0 aliphatic heterocycles. The monoisotopic (exact) mass is 566 g/mol. The van der Waals surface area contributed by atoms with Crippen molar-refractivity contribution in [1.29, 1.82) is 0 Å². The molecule has 2 aromatic heterocycles. The predicted octanol–water partition coefficient (Wildman–Crippen LogP) is 7.00. The van der Waals surface area contributed by atoms with Crippen LogP contribution in [0.15, 0.2) is 60.9 Å². The fraction of sp³-hybridized carbons (Fsp3) is 0.394. The molecule has 2 aliphatic rings. The number of carbonyl (C=O) groups is 2. The van der Waals surface area contributed by atoms with Gasteiger partial charge in [0.1, 0.15) is 5.60 Å². The molecule has 0 spiro atoms. The van der Waals surface area contributed by atoms with E-state index in [0.717, 1.165) is 47.8 Å². The van der Waals surface area contributed by atoms with Gasteiger partial charge in [-0.3, -0.25) is 10.1 Å². The van der Waals surface area contributed by atoms with Crippen LogP contribution in [0.4, 0.5) is 16.4 Å². The molecule has 0 saturated heterocycles. The van der Waals surface area contributed by atoms with Crippen LogP contribution in [0.5, 0.6) is 0 Å². The molecule has 2 saturated carbocycles. The minimum atomic E-state index is -0.581. The molecular weight excluding hydrogens is 528 g/mol. The Balaban J connectivity index is 1.09. The number of carbonyl (C=O) groups excluding carboxylic acids is 2. The van der Waals surface area contributed by atoms with Gasteiger partial charge >= 0.3 is 6.09 Å². The molecule has 0 radical (unpaired) electrons. The third-order valence-electron chi connectivity index (χ3n) is 7.81. The van der Waals surface area contributed by atoms with Gasteiger partial charge in [0.2, 0.25) is 5.95 Å². The maximum atomic E-state index is 13.0. The fourth-order valence-corrected chi connectivity index (χ4v) is 5.67. The van der Waals surface area contributed by atoms with Gasteiger partial charge in [0.25, 0.3) is 5.91 Å². The van der Waals surface area contributed by atoms with Crippen LogP contribution in [0.3, 0.4) is 0 Å². The lowest BCUT2D eigenvalue weighted by Gasteiger charge is -2.30. The number of aromatic nitrogens is 3. The first-order valence-electron chi connectivity index (χ1n) is 14.8. The van der Waals surface area contributed by atoms with Crippen LogP contribution in [0.25, 0.3) is 22.2 Å². The van der Waals surface area contributed by atoms with Crippen LogP contribution in [0.2, 0.25) is 0 Å². The van der Waals surface area contributed by atoms with Crippen LogP contribution >= 0.6 is 0 Å². The lowest BCUT2D eigenvalue weighted by atomic mass is 9.91. The molecule has 2 aliphatic carbocycles. The molecule has 6 rings (SSSR count). The van der Waals surface area contributed by atoms with Crippen molar-refractivity contribution >= 4 is 34.5 Å². The summed E-state index contributed by atoms with van der Waals surface area (Å²) in [6.45, 7) is 5.43. The molecule has 2 atom stereocenters. The first kappa shape index (κ1) is 27.8. The molecule has 0 bridgehead atoms. The van der Waals surface area contributed by atoms with Crippen molar-refractivity contribution in [1.82, 2.24) is 20.3 Å². The van der Waals surface area contributed by atoms with Crippen molar-refractivity contribution in [2.45, 2.75) is 82.9 Å². The average molecular weight is 567 g/mol. The molecule has 4 N–H and O–H groups in total. The minimum Gasteiger partial charge on any atom is -0.444 e. The largest absolute Gasteiger partial charge is 0.444 e. The third kappa shape index (κ3) is 6.56. The van der Waals surface area contributed by atoms with Crippen LogP contribution in [-0.4, -0.2) is 44.6 Å². The number of H-pyrrole nitrogens is 1. The van der Waals surface area contributed by atoms with Gasteiger partial charge in [-0.1, -0.05) is 18.2 Å². The zero-order valence-electron chi connectivity index (χ0n) is 24.4. The summed E-state index contributed by atoms with van der Waals surface area (Å²) in [5.41, 5.74) is 4.96. The first-order valence-corrected chi connectivity index (χ1v) is 14.8. The van der Waals surface area contributed by atoms with Crippen molar-refractivity contribution in [2.75, 3.05) is 10.6 Å². The molecule has 9 nitrogen and oxygen atoms in total. The number of para-hydroxylation sites is 1. The number of fused-ring (bicyclic) bond motifs is 1. The van der Waals surface area contributed by atoms with Gasteiger partial charge in [0.15, 0.2) is 0 Å². The van der Waals surface area contributed by atoms with Gasteiger partial charge in [0, 0.05) is 57.8 Å². The van der Waals surface area contributed by atoms with E-state index in [9.17, 15) is 9.59 Å². The Hall–Kier alpha value is -4.40. The van der Waals surface area contributed by atoms with E-state index in [1.807, 2.05) is 33.0 Å². The Morgan fingerprint density at radius 2 is 1.74 bits per heavy atom. The molecule has 218 valence electrons. The molecular formula is C33H38N6O3. The Labute approximate surface area is 245 Å². The lowest BCUT2D eigenvalue weighted by molar-refractivity contribution is 0.0635. The molecule has 42 heavy (non-hydrogen) atoms. The van der Waals surface area contributed by atoms with E-state index in [1.165, 1.54) is 18.4 Å². The number of benzene rings is 2. The Bertz CT molecular complexity index is 1590. The van der Waals surface area contributed by atoms with E-state index < -0.39 is 11.7 Å². The Kier molecular flexibility index (Phi) is 7.58. The van der Waals surface area contributed by atoms with Crippen molar-refractivity contribution in [3.05, 3.63) is 72.1 Å². The number of anilines is 2. The van der Waals surface area contributed by atoms with Gasteiger partial charge in [-0.05, 0) is 95.5 Å². The number of nitrogens with one attached hydrogen (secondary N) is 4. The summed E-state index contributed by atoms with van der Waals surface area (Å²) < 4.78 is 5.29. The maximum absolute atomic E-state index is 13.0. The van der Waals surface area contributed by atoms with Crippen molar-refractivity contribution in [3.63, 3.8) is 0 Å². The number of amides is 2. The van der Waals surface area contributed by atoms with Gasteiger partial charge in [0.05, 0.1) is 5.69 Å². The highest BCUT2D eigenvalue weighted by Crippen LogP contribution is 2.45. The quantitative estimate of drug-likeness (QED) is 0.191. The number of rotatable bonds is 7. The maximum Gasteiger partial charge on any atom is 0.412 e. The van der Waals surface area contributed by atoms with Crippen LogP contribution in [0.1, 0.15) is 81.1 Å². The first-order chi connectivity index (χ1) is 20.2. The van der Waals surface area contributed by atoms with E-state index in [0.29, 0.717) is 23.1 Å². The highest BCUT2D eigenvalue weighted by molar-refractivity contribution is 5.96. The SMILES string of the molecule is CC(C)(C)OC(=O)Nc1ccc(C(=O)NC2CCC[C@@H](Nc3ncc(C4CC4)c(-c4c[nH]c5ccccc45)n3)C2)cc1. The van der Waals surface area contributed by atoms with Gasteiger partial charge < -0.3 is 20.4 Å². The summed E-state index contributed by atoms with van der Waals surface area (Å²) in [4.78, 5) is 38.2. The molecule has 2 aromatic carbocycles. The summed E-state index contributed by atoms with van der Waals surface area (Å²) in [5.74, 6) is 1.03. The topological polar surface area (TPSA) is 121 Å². The summed E-state index contributed by atoms with van der Waals surface area (Å²) in [6.07, 6.45) is 9.58. The summed E-state index contributed by atoms with van der Waals surface area (Å²) in [6, 6.07) is 15.3. The number of aromatic amines is 1. The number of nitrogens with zero attached hydrogens (tertiary/aromatic N) is 2. The zero-order valence-corrected chi connectivity index (χ0v) is 24.4. The molecule has 2 fully saturated rings. The fourth-order valence-electron chi connectivity index (χ4n) is 5.67. The van der Waals surface area contributed by atoms with E-state index in [1.54, 1.807) is 24.3 Å². The summed E-state index contributed by atoms with van der Waals surface area (Å²) in [5, 5.41) is 10.6. The van der Waals surface area contributed by atoms with Gasteiger partial charge in [-0.25, -0.2) is 14.8 Å². The number of hydrogen-bond donors (Lipinski definition) is 4. The Morgan fingerprint density at radius 1 is 0.976 bits per heavy atom.